The fourth-order valence-electron chi connectivity index (χ4n) is 4.10. The summed E-state index contributed by atoms with van der Waals surface area (Å²) in [7, 11) is -3.58. The highest BCUT2D eigenvalue weighted by Crippen LogP contribution is 2.35. The number of piperidine rings is 1. The summed E-state index contributed by atoms with van der Waals surface area (Å²) in [5.41, 5.74) is 0.758. The van der Waals surface area contributed by atoms with Gasteiger partial charge >= 0.3 is 0 Å². The zero-order chi connectivity index (χ0) is 24.7. The van der Waals surface area contributed by atoms with E-state index in [4.69, 9.17) is 27.9 Å². The normalized spacial score (nSPS) is 16.9. The highest BCUT2D eigenvalue weighted by molar-refractivity contribution is 7.89. The Labute approximate surface area is 212 Å². The predicted octanol–water partition coefficient (Wildman–Crippen LogP) is 6.77. The zero-order valence-corrected chi connectivity index (χ0v) is 22.0. The van der Waals surface area contributed by atoms with Gasteiger partial charge in [-0.25, -0.2) is 8.42 Å². The van der Waals surface area contributed by atoms with E-state index in [1.54, 1.807) is 16.4 Å². The quantitative estimate of drug-likeness (QED) is 0.346. The summed E-state index contributed by atoms with van der Waals surface area (Å²) in [6.07, 6.45) is 6.63. The number of ether oxygens (including phenoxy) is 1. The van der Waals surface area contributed by atoms with Crippen LogP contribution in [0.4, 0.5) is 5.69 Å². The van der Waals surface area contributed by atoms with Gasteiger partial charge in [0.25, 0.3) is 5.91 Å². The Kier molecular flexibility index (Phi) is 9.65. The molecule has 3 rings (SSSR count). The lowest BCUT2D eigenvalue weighted by Crippen LogP contribution is -2.43. The van der Waals surface area contributed by atoms with Crippen molar-refractivity contribution in [3.8, 4) is 5.75 Å². The number of benzene rings is 2. The zero-order valence-electron chi connectivity index (χ0n) is 19.6. The van der Waals surface area contributed by atoms with Crippen molar-refractivity contribution in [3.63, 3.8) is 0 Å². The molecular formula is C25H32Cl2N2O4S. The summed E-state index contributed by atoms with van der Waals surface area (Å²) in [6.45, 7) is 5.17. The summed E-state index contributed by atoms with van der Waals surface area (Å²) in [4.78, 5) is 13.0. The fourth-order valence-corrected chi connectivity index (χ4v) is 6.47. The molecule has 1 saturated heterocycles. The van der Waals surface area contributed by atoms with Crippen molar-refractivity contribution < 1.29 is 17.9 Å². The Hall–Kier alpha value is -1.80. The van der Waals surface area contributed by atoms with Crippen molar-refractivity contribution in [2.75, 3.05) is 18.5 Å². The third-order valence-corrected chi connectivity index (χ3v) is 8.55. The molecular weight excluding hydrogens is 495 g/mol. The van der Waals surface area contributed by atoms with E-state index in [1.165, 1.54) is 24.3 Å². The molecule has 186 valence electrons. The lowest BCUT2D eigenvalue weighted by atomic mass is 10.0. The van der Waals surface area contributed by atoms with E-state index in [-0.39, 0.29) is 26.5 Å². The first kappa shape index (κ1) is 26.8. The molecule has 9 heteroatoms. The minimum Gasteiger partial charge on any atom is -0.490 e. The van der Waals surface area contributed by atoms with Crippen LogP contribution in [-0.4, -0.2) is 37.8 Å². The average Bonchev–Trinajstić information content (AvgIpc) is 2.83. The molecule has 1 heterocycles. The van der Waals surface area contributed by atoms with Gasteiger partial charge in [0, 0.05) is 23.8 Å². The van der Waals surface area contributed by atoms with E-state index in [2.05, 4.69) is 12.2 Å². The second-order valence-corrected chi connectivity index (χ2v) is 11.2. The van der Waals surface area contributed by atoms with Gasteiger partial charge in [0.05, 0.1) is 21.5 Å². The maximum Gasteiger partial charge on any atom is 0.255 e. The van der Waals surface area contributed by atoms with Gasteiger partial charge in [-0.15, -0.1) is 0 Å². The van der Waals surface area contributed by atoms with Gasteiger partial charge in [-0.2, -0.15) is 4.31 Å². The van der Waals surface area contributed by atoms with Crippen LogP contribution in [0.5, 0.6) is 5.75 Å². The van der Waals surface area contributed by atoms with Gasteiger partial charge in [-0.05, 0) is 62.1 Å². The average molecular weight is 528 g/mol. The number of sulfonamides is 1. The molecule has 34 heavy (non-hydrogen) atoms. The van der Waals surface area contributed by atoms with E-state index in [0.29, 0.717) is 24.6 Å². The largest absolute Gasteiger partial charge is 0.490 e. The number of rotatable bonds is 10. The number of unbranched alkanes of at least 4 members (excludes halogenated alkanes) is 2. The number of anilines is 1. The molecule has 0 spiro atoms. The number of nitrogens with one attached hydrogen (secondary N) is 1. The highest BCUT2D eigenvalue weighted by atomic mass is 35.5. The van der Waals surface area contributed by atoms with Crippen LogP contribution in [0.15, 0.2) is 41.3 Å². The maximum atomic E-state index is 13.1. The molecule has 1 aliphatic rings. The van der Waals surface area contributed by atoms with Crippen molar-refractivity contribution in [3.05, 3.63) is 52.0 Å². The number of halogens is 2. The number of carbonyl (C=O) groups excluding carboxylic acids is 1. The lowest BCUT2D eigenvalue weighted by molar-refractivity contribution is 0.102. The summed E-state index contributed by atoms with van der Waals surface area (Å²) >= 11 is 12.6. The molecule has 0 aliphatic carbocycles. The molecule has 1 aliphatic heterocycles. The molecule has 2 aromatic rings. The molecule has 1 fully saturated rings. The van der Waals surface area contributed by atoms with Gasteiger partial charge < -0.3 is 10.1 Å². The van der Waals surface area contributed by atoms with Gasteiger partial charge in [0.15, 0.2) is 5.75 Å². The maximum absolute atomic E-state index is 13.1. The topological polar surface area (TPSA) is 75.7 Å². The molecule has 1 atom stereocenters. The minimum atomic E-state index is -3.58. The molecule has 0 saturated carbocycles. The van der Waals surface area contributed by atoms with Crippen molar-refractivity contribution in [1.82, 2.24) is 4.31 Å². The number of hydrogen-bond donors (Lipinski definition) is 1. The summed E-state index contributed by atoms with van der Waals surface area (Å²) in [6, 6.07) is 9.29. The third-order valence-electron chi connectivity index (χ3n) is 6.02. The molecule has 0 bridgehead atoms. The Balaban J connectivity index is 1.69. The Bertz CT molecular complexity index is 1070. The van der Waals surface area contributed by atoms with Crippen LogP contribution in [0.2, 0.25) is 10.0 Å². The summed E-state index contributed by atoms with van der Waals surface area (Å²) < 4.78 is 33.5. The van der Waals surface area contributed by atoms with E-state index in [1.807, 2.05) is 6.92 Å². The first-order chi connectivity index (χ1) is 16.3. The van der Waals surface area contributed by atoms with Gasteiger partial charge in [-0.3, -0.25) is 4.79 Å². The standard InChI is InChI=1S/C25H32Cl2N2O4S/c1-3-5-8-15-33-24-22(26)16-18(17-23(24)27)25(30)28-19-10-12-21(13-11-19)34(31,32)29-14-7-6-9-20(29)4-2/h10-13,16-17,20H,3-9,14-15H2,1-2H3,(H,28,30). The first-order valence-electron chi connectivity index (χ1n) is 11.8. The van der Waals surface area contributed by atoms with Crippen LogP contribution in [0.3, 0.4) is 0 Å². The second kappa shape index (κ2) is 12.2. The summed E-state index contributed by atoms with van der Waals surface area (Å²) in [5.74, 6) is -0.0346. The van der Waals surface area contributed by atoms with Gasteiger partial charge in [-0.1, -0.05) is 56.3 Å². The van der Waals surface area contributed by atoms with Crippen molar-refractivity contribution in [2.24, 2.45) is 0 Å². The number of amides is 1. The van der Waals surface area contributed by atoms with Crippen LogP contribution >= 0.6 is 23.2 Å². The van der Waals surface area contributed by atoms with Crippen LogP contribution < -0.4 is 10.1 Å². The van der Waals surface area contributed by atoms with Crippen molar-refractivity contribution >= 4 is 44.8 Å². The molecule has 1 unspecified atom stereocenters. The van der Waals surface area contributed by atoms with Gasteiger partial charge in [0.2, 0.25) is 10.0 Å². The van der Waals surface area contributed by atoms with E-state index in [0.717, 1.165) is 44.9 Å². The lowest BCUT2D eigenvalue weighted by Gasteiger charge is -2.34. The fraction of sp³-hybridized carbons (Fsp3) is 0.480. The number of carbonyl (C=O) groups is 1. The SMILES string of the molecule is CCCCCOc1c(Cl)cc(C(=O)Nc2ccc(S(=O)(=O)N3CCCCC3CC)cc2)cc1Cl. The first-order valence-corrected chi connectivity index (χ1v) is 14.0. The van der Waals surface area contributed by atoms with Crippen LogP contribution in [0.25, 0.3) is 0 Å². The Morgan fingerprint density at radius 3 is 2.38 bits per heavy atom. The Morgan fingerprint density at radius 2 is 1.76 bits per heavy atom. The molecule has 6 nitrogen and oxygen atoms in total. The van der Waals surface area contributed by atoms with Gasteiger partial charge in [0.1, 0.15) is 0 Å². The summed E-state index contributed by atoms with van der Waals surface area (Å²) in [5, 5.41) is 3.30. The molecule has 1 amide bonds. The van der Waals surface area contributed by atoms with E-state index >= 15 is 0 Å². The smallest absolute Gasteiger partial charge is 0.255 e. The predicted molar refractivity (Wildman–Crippen MR) is 138 cm³/mol. The molecule has 2 aromatic carbocycles. The third kappa shape index (κ3) is 6.45. The minimum absolute atomic E-state index is 0.0335. The molecule has 0 aromatic heterocycles. The Morgan fingerprint density at radius 1 is 1.09 bits per heavy atom. The second-order valence-electron chi connectivity index (χ2n) is 8.48. The van der Waals surface area contributed by atoms with Crippen LogP contribution in [0.1, 0.15) is 69.2 Å². The monoisotopic (exact) mass is 526 g/mol. The van der Waals surface area contributed by atoms with E-state index < -0.39 is 15.9 Å². The van der Waals surface area contributed by atoms with E-state index in [9.17, 15) is 13.2 Å². The molecule has 0 radical (unpaired) electrons. The molecule has 1 N–H and O–H groups in total. The van der Waals surface area contributed by atoms with Crippen molar-refractivity contribution in [1.29, 1.82) is 0 Å². The number of hydrogen-bond acceptors (Lipinski definition) is 4. The van der Waals surface area contributed by atoms with Crippen LogP contribution in [-0.2, 0) is 10.0 Å². The number of nitrogens with zero attached hydrogens (tertiary/aromatic N) is 1. The van der Waals surface area contributed by atoms with Crippen molar-refractivity contribution in [2.45, 2.75) is 69.7 Å². The van der Waals surface area contributed by atoms with Crippen LogP contribution in [0, 0.1) is 0 Å². The highest BCUT2D eigenvalue weighted by Gasteiger charge is 2.32.